The predicted molar refractivity (Wildman–Crippen MR) is 128 cm³/mol. The highest BCUT2D eigenvalue weighted by Gasteiger charge is 2.13. The first kappa shape index (κ1) is 24.4. The lowest BCUT2D eigenvalue weighted by atomic mass is 10.2. The van der Waals surface area contributed by atoms with Crippen LogP contribution in [0.25, 0.3) is 0 Å². The number of hydrogen-bond donors (Lipinski definition) is 3. The molecule has 10 heteroatoms. The second-order valence-electron chi connectivity index (χ2n) is 7.03. The second-order valence-corrected chi connectivity index (χ2v) is 7.43. The third-order valence-corrected chi connectivity index (χ3v) is 4.62. The molecule has 3 N–H and O–H groups in total. The Labute approximate surface area is 199 Å². The molecule has 0 spiro atoms. The maximum atomic E-state index is 13.2. The molecule has 0 heterocycles. The summed E-state index contributed by atoms with van der Waals surface area (Å²) >= 11 is 5.70. The van der Waals surface area contributed by atoms with Crippen LogP contribution in [0.3, 0.4) is 0 Å². The largest absolute Gasteiger partial charge is 0.483 e. The van der Waals surface area contributed by atoms with Gasteiger partial charge in [-0.15, -0.1) is 0 Å². The SMILES string of the molecule is Cc1cccc(NC(=O)C(=O)N/N=C\c2ccccc2OCC(=O)Nc2ccc(F)c(Cl)c2)c1. The molecule has 174 valence electrons. The molecular formula is C24H20ClFN4O4. The molecule has 3 amide bonds. The van der Waals surface area contributed by atoms with Gasteiger partial charge < -0.3 is 15.4 Å². The van der Waals surface area contributed by atoms with Gasteiger partial charge in [-0.25, -0.2) is 9.82 Å². The van der Waals surface area contributed by atoms with Gasteiger partial charge >= 0.3 is 11.8 Å². The first-order valence-electron chi connectivity index (χ1n) is 9.99. The molecule has 0 unspecified atom stereocenters. The number of para-hydroxylation sites is 1. The molecule has 0 fully saturated rings. The molecular weight excluding hydrogens is 463 g/mol. The maximum absolute atomic E-state index is 13.2. The van der Waals surface area contributed by atoms with Crippen LogP contribution in [0.5, 0.6) is 5.75 Å². The topological polar surface area (TPSA) is 109 Å². The molecule has 0 saturated heterocycles. The van der Waals surface area contributed by atoms with E-state index in [9.17, 15) is 18.8 Å². The Morgan fingerprint density at radius 3 is 2.50 bits per heavy atom. The highest BCUT2D eigenvalue weighted by Crippen LogP contribution is 2.20. The van der Waals surface area contributed by atoms with Crippen LogP contribution in [0.1, 0.15) is 11.1 Å². The van der Waals surface area contributed by atoms with Gasteiger partial charge in [0, 0.05) is 16.9 Å². The van der Waals surface area contributed by atoms with Crippen molar-refractivity contribution in [3.63, 3.8) is 0 Å². The summed E-state index contributed by atoms with van der Waals surface area (Å²) in [7, 11) is 0. The fourth-order valence-corrected chi connectivity index (χ4v) is 2.94. The Morgan fingerprint density at radius 1 is 0.971 bits per heavy atom. The average molecular weight is 483 g/mol. The number of aryl methyl sites for hydroxylation is 1. The van der Waals surface area contributed by atoms with Gasteiger partial charge in [-0.2, -0.15) is 5.10 Å². The van der Waals surface area contributed by atoms with E-state index < -0.39 is 23.5 Å². The summed E-state index contributed by atoms with van der Waals surface area (Å²) in [6.45, 7) is 1.52. The van der Waals surface area contributed by atoms with E-state index in [0.29, 0.717) is 22.7 Å². The van der Waals surface area contributed by atoms with Crippen LogP contribution in [0.2, 0.25) is 5.02 Å². The Kier molecular flexibility index (Phi) is 8.31. The average Bonchev–Trinajstić information content (AvgIpc) is 2.80. The smallest absolute Gasteiger partial charge is 0.329 e. The van der Waals surface area contributed by atoms with Crippen LogP contribution in [0.4, 0.5) is 15.8 Å². The fraction of sp³-hybridized carbons (Fsp3) is 0.0833. The Bertz CT molecular complexity index is 1250. The van der Waals surface area contributed by atoms with E-state index in [1.807, 2.05) is 13.0 Å². The van der Waals surface area contributed by atoms with Crippen LogP contribution < -0.4 is 20.8 Å². The zero-order valence-corrected chi connectivity index (χ0v) is 18.7. The number of nitrogens with zero attached hydrogens (tertiary/aromatic N) is 1. The summed E-state index contributed by atoms with van der Waals surface area (Å²) in [6, 6.07) is 17.5. The van der Waals surface area contributed by atoms with E-state index in [1.165, 1.54) is 18.3 Å². The minimum Gasteiger partial charge on any atom is -0.483 e. The second kappa shape index (κ2) is 11.6. The summed E-state index contributed by atoms with van der Waals surface area (Å²) in [4.78, 5) is 36.1. The minimum atomic E-state index is -0.950. The van der Waals surface area contributed by atoms with Crippen molar-refractivity contribution < 1.29 is 23.5 Å². The van der Waals surface area contributed by atoms with Gasteiger partial charge in [-0.05, 0) is 55.0 Å². The lowest BCUT2D eigenvalue weighted by molar-refractivity contribution is -0.136. The molecule has 3 rings (SSSR count). The van der Waals surface area contributed by atoms with Gasteiger partial charge in [-0.3, -0.25) is 14.4 Å². The first-order valence-corrected chi connectivity index (χ1v) is 10.4. The number of halogens is 2. The quantitative estimate of drug-likeness (QED) is 0.269. The van der Waals surface area contributed by atoms with E-state index in [-0.39, 0.29) is 11.6 Å². The number of carbonyl (C=O) groups excluding carboxylic acids is 3. The number of amides is 3. The number of benzene rings is 3. The number of anilines is 2. The molecule has 3 aromatic rings. The lowest BCUT2D eigenvalue weighted by Gasteiger charge is -2.10. The van der Waals surface area contributed by atoms with Crippen molar-refractivity contribution in [3.8, 4) is 5.75 Å². The Morgan fingerprint density at radius 2 is 1.74 bits per heavy atom. The third-order valence-electron chi connectivity index (χ3n) is 4.33. The van der Waals surface area contributed by atoms with Crippen LogP contribution in [-0.2, 0) is 14.4 Å². The predicted octanol–water partition coefficient (Wildman–Crippen LogP) is 3.89. The van der Waals surface area contributed by atoms with Crippen molar-refractivity contribution in [2.45, 2.75) is 6.92 Å². The lowest BCUT2D eigenvalue weighted by Crippen LogP contribution is -2.32. The molecule has 0 saturated carbocycles. The normalized spacial score (nSPS) is 10.6. The molecule has 3 aromatic carbocycles. The zero-order valence-electron chi connectivity index (χ0n) is 18.0. The molecule has 0 bridgehead atoms. The third kappa shape index (κ3) is 7.14. The fourth-order valence-electron chi connectivity index (χ4n) is 2.75. The van der Waals surface area contributed by atoms with Gasteiger partial charge in [0.2, 0.25) is 0 Å². The highest BCUT2D eigenvalue weighted by molar-refractivity contribution is 6.39. The monoisotopic (exact) mass is 482 g/mol. The van der Waals surface area contributed by atoms with E-state index in [4.69, 9.17) is 16.3 Å². The molecule has 34 heavy (non-hydrogen) atoms. The van der Waals surface area contributed by atoms with Crippen molar-refractivity contribution in [1.29, 1.82) is 0 Å². The standard InChI is InChI=1S/C24H20ClFN4O4/c1-15-5-4-7-17(11-15)29-23(32)24(33)30-27-13-16-6-2-3-8-21(16)34-14-22(31)28-18-9-10-20(26)19(25)12-18/h2-13H,14H2,1H3,(H,28,31)(H,29,32)(H,30,33)/b27-13-. The van der Waals surface area contributed by atoms with Gasteiger partial charge in [0.15, 0.2) is 6.61 Å². The van der Waals surface area contributed by atoms with Gasteiger partial charge in [-0.1, -0.05) is 35.9 Å². The van der Waals surface area contributed by atoms with E-state index in [2.05, 4.69) is 21.2 Å². The molecule has 0 atom stereocenters. The number of rotatable bonds is 7. The minimum absolute atomic E-state index is 0.116. The summed E-state index contributed by atoms with van der Waals surface area (Å²) in [6.07, 6.45) is 1.28. The Balaban J connectivity index is 1.53. The van der Waals surface area contributed by atoms with Crippen molar-refractivity contribution in [2.24, 2.45) is 5.10 Å². The van der Waals surface area contributed by atoms with E-state index in [1.54, 1.807) is 42.5 Å². The molecule has 0 aliphatic carbocycles. The number of hydrogen-bond acceptors (Lipinski definition) is 5. The van der Waals surface area contributed by atoms with Crippen molar-refractivity contribution in [2.75, 3.05) is 17.2 Å². The summed E-state index contributed by atoms with van der Waals surface area (Å²) in [5, 5.41) is 8.69. The highest BCUT2D eigenvalue weighted by atomic mass is 35.5. The maximum Gasteiger partial charge on any atom is 0.329 e. The van der Waals surface area contributed by atoms with Crippen LogP contribution in [0.15, 0.2) is 71.8 Å². The van der Waals surface area contributed by atoms with Gasteiger partial charge in [0.1, 0.15) is 11.6 Å². The van der Waals surface area contributed by atoms with Crippen LogP contribution in [0, 0.1) is 12.7 Å². The van der Waals surface area contributed by atoms with Gasteiger partial charge in [0.05, 0.1) is 11.2 Å². The molecule has 0 aliphatic rings. The molecule has 0 radical (unpaired) electrons. The molecule has 0 aromatic heterocycles. The summed E-state index contributed by atoms with van der Waals surface area (Å²) < 4.78 is 18.7. The Hall–Kier alpha value is -4.24. The van der Waals surface area contributed by atoms with E-state index >= 15 is 0 Å². The van der Waals surface area contributed by atoms with Crippen molar-refractivity contribution >= 4 is 46.9 Å². The van der Waals surface area contributed by atoms with Crippen molar-refractivity contribution in [1.82, 2.24) is 5.43 Å². The number of carbonyl (C=O) groups is 3. The summed E-state index contributed by atoms with van der Waals surface area (Å²) in [5.41, 5.74) is 4.34. The first-order chi connectivity index (χ1) is 16.3. The van der Waals surface area contributed by atoms with Crippen molar-refractivity contribution in [3.05, 3.63) is 88.7 Å². The number of ether oxygens (including phenoxy) is 1. The van der Waals surface area contributed by atoms with E-state index in [0.717, 1.165) is 11.6 Å². The molecule has 0 aliphatic heterocycles. The van der Waals surface area contributed by atoms with Gasteiger partial charge in [0.25, 0.3) is 5.91 Å². The zero-order chi connectivity index (χ0) is 24.5. The summed E-state index contributed by atoms with van der Waals surface area (Å²) in [5.74, 6) is -2.59. The van der Waals surface area contributed by atoms with Crippen LogP contribution in [-0.4, -0.2) is 30.5 Å². The number of hydrazone groups is 1. The number of nitrogens with one attached hydrogen (secondary N) is 3. The molecule has 8 nitrogen and oxygen atoms in total. The van der Waals surface area contributed by atoms with Crippen LogP contribution >= 0.6 is 11.6 Å².